The van der Waals surface area contributed by atoms with Crippen molar-refractivity contribution in [2.45, 2.75) is 18.9 Å². The largest absolute Gasteiger partial charge is 0.493 e. The van der Waals surface area contributed by atoms with Gasteiger partial charge >= 0.3 is 0 Å². The molecule has 24 heavy (non-hydrogen) atoms. The third kappa shape index (κ3) is 5.43. The number of primary amides is 1. The Morgan fingerprint density at radius 2 is 2.08 bits per heavy atom. The van der Waals surface area contributed by atoms with Crippen molar-refractivity contribution >= 4 is 35.8 Å². The Labute approximate surface area is 151 Å². The normalized spacial score (nSPS) is 14.3. The van der Waals surface area contributed by atoms with Crippen molar-refractivity contribution in [3.05, 3.63) is 22.7 Å². The fraction of sp³-hybridized carbons (Fsp3) is 0.467. The lowest BCUT2D eigenvalue weighted by Gasteiger charge is -2.15. The van der Waals surface area contributed by atoms with Crippen LogP contribution < -0.4 is 26.3 Å². The van der Waals surface area contributed by atoms with E-state index in [2.05, 4.69) is 5.32 Å². The summed E-state index contributed by atoms with van der Waals surface area (Å²) in [6.45, 7) is 0.0707. The second-order valence-electron chi connectivity index (χ2n) is 5.46. The highest BCUT2D eigenvalue weighted by atomic mass is 35.5. The zero-order valence-electron chi connectivity index (χ0n) is 13.2. The van der Waals surface area contributed by atoms with E-state index in [1.165, 1.54) is 19.2 Å². The summed E-state index contributed by atoms with van der Waals surface area (Å²) < 4.78 is 10.4. The average molecular weight is 378 g/mol. The van der Waals surface area contributed by atoms with E-state index >= 15 is 0 Å². The number of nitrogens with one attached hydrogen (secondary N) is 1. The van der Waals surface area contributed by atoms with Crippen molar-refractivity contribution in [1.82, 2.24) is 5.32 Å². The molecule has 1 aliphatic carbocycles. The smallest absolute Gasteiger partial charge is 0.255 e. The topological polar surface area (TPSA) is 117 Å². The van der Waals surface area contributed by atoms with E-state index in [0.29, 0.717) is 18.0 Å². The van der Waals surface area contributed by atoms with Crippen LogP contribution in [-0.4, -0.2) is 38.1 Å². The molecular weight excluding hydrogens is 357 g/mol. The molecule has 1 unspecified atom stereocenters. The van der Waals surface area contributed by atoms with Crippen LogP contribution in [0.25, 0.3) is 0 Å². The minimum absolute atomic E-state index is 0. The summed E-state index contributed by atoms with van der Waals surface area (Å²) in [7, 11) is 1.41. The number of amides is 2. The number of nitrogens with two attached hydrogens (primary N) is 2. The number of hydrogen-bond acceptors (Lipinski definition) is 5. The van der Waals surface area contributed by atoms with Crippen LogP contribution in [0.15, 0.2) is 12.1 Å². The van der Waals surface area contributed by atoms with Gasteiger partial charge in [-0.2, -0.15) is 0 Å². The maximum Gasteiger partial charge on any atom is 0.255 e. The SMILES string of the molecule is COc1cc(C(=O)NCC(N)C2CC2)cc(Cl)c1OCC(N)=O.Cl. The van der Waals surface area contributed by atoms with Crippen LogP contribution in [-0.2, 0) is 4.79 Å². The Morgan fingerprint density at radius 1 is 1.42 bits per heavy atom. The lowest BCUT2D eigenvalue weighted by atomic mass is 10.1. The average Bonchev–Trinajstić information content (AvgIpc) is 3.34. The summed E-state index contributed by atoms with van der Waals surface area (Å²) in [5, 5.41) is 2.93. The summed E-state index contributed by atoms with van der Waals surface area (Å²) in [5.41, 5.74) is 11.3. The maximum atomic E-state index is 12.2. The van der Waals surface area contributed by atoms with Crippen molar-refractivity contribution in [2.24, 2.45) is 17.4 Å². The molecule has 2 amide bonds. The Bertz CT molecular complexity index is 609. The number of ether oxygens (including phenoxy) is 2. The summed E-state index contributed by atoms with van der Waals surface area (Å²) in [5.74, 6) is -0.0330. The van der Waals surface area contributed by atoms with Gasteiger partial charge in [-0.15, -0.1) is 12.4 Å². The standard InChI is InChI=1S/C15H20ClN3O4.ClH/c1-22-12-5-9(4-10(16)14(12)23-7-13(18)20)15(21)19-6-11(17)8-2-3-8;/h4-5,8,11H,2-3,6-7,17H2,1H3,(H2,18,20)(H,19,21);1H. The molecule has 2 rings (SSSR count). The minimum Gasteiger partial charge on any atom is -0.493 e. The van der Waals surface area contributed by atoms with Gasteiger partial charge in [-0.3, -0.25) is 9.59 Å². The van der Waals surface area contributed by atoms with Crippen molar-refractivity contribution in [3.8, 4) is 11.5 Å². The molecule has 0 aliphatic heterocycles. The molecule has 1 aromatic carbocycles. The third-order valence-corrected chi connectivity index (χ3v) is 3.86. The minimum atomic E-state index is -0.640. The van der Waals surface area contributed by atoms with E-state index in [1.807, 2.05) is 0 Å². The Kier molecular flexibility index (Phi) is 7.59. The highest BCUT2D eigenvalue weighted by molar-refractivity contribution is 6.32. The third-order valence-electron chi connectivity index (χ3n) is 3.58. The summed E-state index contributed by atoms with van der Waals surface area (Å²) in [4.78, 5) is 23.0. The molecule has 0 radical (unpaired) electrons. The van der Waals surface area contributed by atoms with Gasteiger partial charge in [0.1, 0.15) is 0 Å². The molecule has 134 valence electrons. The van der Waals surface area contributed by atoms with Gasteiger partial charge in [-0.25, -0.2) is 0 Å². The molecule has 0 heterocycles. The second kappa shape index (κ2) is 8.96. The van der Waals surface area contributed by atoms with Crippen LogP contribution in [0, 0.1) is 5.92 Å². The summed E-state index contributed by atoms with van der Waals surface area (Å²) >= 11 is 6.10. The maximum absolute atomic E-state index is 12.2. The first kappa shape index (κ1) is 20.3. The van der Waals surface area contributed by atoms with Crippen molar-refractivity contribution in [3.63, 3.8) is 0 Å². The van der Waals surface area contributed by atoms with Crippen LogP contribution in [0.4, 0.5) is 0 Å². The molecule has 1 fully saturated rings. The van der Waals surface area contributed by atoms with Gasteiger partial charge in [0.05, 0.1) is 12.1 Å². The van der Waals surface area contributed by atoms with Crippen molar-refractivity contribution in [2.75, 3.05) is 20.3 Å². The lowest BCUT2D eigenvalue weighted by molar-refractivity contribution is -0.119. The van der Waals surface area contributed by atoms with E-state index in [-0.39, 0.29) is 47.5 Å². The zero-order chi connectivity index (χ0) is 17.0. The van der Waals surface area contributed by atoms with Gasteiger partial charge in [0, 0.05) is 18.2 Å². The zero-order valence-corrected chi connectivity index (χ0v) is 14.8. The number of halogens is 2. The molecule has 0 saturated heterocycles. The molecule has 0 spiro atoms. The Balaban J connectivity index is 0.00000288. The molecule has 5 N–H and O–H groups in total. The van der Waals surface area contributed by atoms with E-state index in [9.17, 15) is 9.59 Å². The van der Waals surface area contributed by atoms with Crippen molar-refractivity contribution in [1.29, 1.82) is 0 Å². The molecule has 1 aromatic rings. The fourth-order valence-corrected chi connectivity index (χ4v) is 2.40. The number of hydrogen-bond donors (Lipinski definition) is 3. The first-order valence-electron chi connectivity index (χ1n) is 7.24. The summed E-state index contributed by atoms with van der Waals surface area (Å²) in [6.07, 6.45) is 2.23. The first-order valence-corrected chi connectivity index (χ1v) is 7.62. The molecule has 9 heteroatoms. The Hall–Kier alpha value is -1.70. The van der Waals surface area contributed by atoms with E-state index in [1.54, 1.807) is 0 Å². The molecule has 1 saturated carbocycles. The van der Waals surface area contributed by atoms with Crippen LogP contribution in [0.1, 0.15) is 23.2 Å². The van der Waals surface area contributed by atoms with Gasteiger partial charge in [-0.05, 0) is 30.9 Å². The van der Waals surface area contributed by atoms with Gasteiger partial charge in [0.2, 0.25) is 0 Å². The molecule has 1 atom stereocenters. The van der Waals surface area contributed by atoms with Crippen LogP contribution in [0.3, 0.4) is 0 Å². The second-order valence-corrected chi connectivity index (χ2v) is 5.86. The summed E-state index contributed by atoms with van der Waals surface area (Å²) in [6, 6.07) is 2.90. The van der Waals surface area contributed by atoms with Crippen LogP contribution in [0.5, 0.6) is 11.5 Å². The molecule has 0 bridgehead atoms. The van der Waals surface area contributed by atoms with Crippen LogP contribution >= 0.6 is 24.0 Å². The number of benzene rings is 1. The quantitative estimate of drug-likeness (QED) is 0.626. The van der Waals surface area contributed by atoms with E-state index in [0.717, 1.165) is 12.8 Å². The van der Waals surface area contributed by atoms with E-state index < -0.39 is 5.91 Å². The van der Waals surface area contributed by atoms with Crippen LogP contribution in [0.2, 0.25) is 5.02 Å². The molecule has 0 aromatic heterocycles. The van der Waals surface area contributed by atoms with Gasteiger partial charge < -0.3 is 26.3 Å². The van der Waals surface area contributed by atoms with Gasteiger partial charge in [0.15, 0.2) is 18.1 Å². The lowest BCUT2D eigenvalue weighted by Crippen LogP contribution is -2.38. The molecular formula is C15H21Cl2N3O4. The Morgan fingerprint density at radius 3 is 2.62 bits per heavy atom. The van der Waals surface area contributed by atoms with E-state index in [4.69, 9.17) is 32.5 Å². The molecule has 7 nitrogen and oxygen atoms in total. The van der Waals surface area contributed by atoms with Gasteiger partial charge in [0.25, 0.3) is 11.8 Å². The van der Waals surface area contributed by atoms with Crippen molar-refractivity contribution < 1.29 is 19.1 Å². The highest BCUT2D eigenvalue weighted by Gasteiger charge is 2.28. The number of methoxy groups -OCH3 is 1. The van der Waals surface area contributed by atoms with Gasteiger partial charge in [-0.1, -0.05) is 11.6 Å². The monoisotopic (exact) mass is 377 g/mol. The number of carbonyl (C=O) groups excluding carboxylic acids is 2. The number of carbonyl (C=O) groups is 2. The first-order chi connectivity index (χ1) is 10.9. The number of rotatable bonds is 8. The molecule has 1 aliphatic rings. The highest BCUT2D eigenvalue weighted by Crippen LogP contribution is 2.36. The fourth-order valence-electron chi connectivity index (χ4n) is 2.14. The predicted octanol–water partition coefficient (Wildman–Crippen LogP) is 1.10. The predicted molar refractivity (Wildman–Crippen MR) is 93.0 cm³/mol.